The third-order valence-corrected chi connectivity index (χ3v) is 4.94. The van der Waals surface area contributed by atoms with E-state index in [9.17, 15) is 19.5 Å². The van der Waals surface area contributed by atoms with Crippen LogP contribution in [0.2, 0.25) is 0 Å². The summed E-state index contributed by atoms with van der Waals surface area (Å²) in [5, 5.41) is 10.7. The molecule has 0 N–H and O–H groups in total. The summed E-state index contributed by atoms with van der Waals surface area (Å²) >= 11 is 0. The van der Waals surface area contributed by atoms with Gasteiger partial charge in [0.05, 0.1) is 31.4 Å². The summed E-state index contributed by atoms with van der Waals surface area (Å²) in [6.45, 7) is 3.68. The van der Waals surface area contributed by atoms with Gasteiger partial charge in [-0.25, -0.2) is 4.79 Å². The van der Waals surface area contributed by atoms with Gasteiger partial charge in [-0.15, -0.1) is 0 Å². The molecule has 0 aliphatic rings. The van der Waals surface area contributed by atoms with Gasteiger partial charge in [-0.3, -0.25) is 14.7 Å². The van der Waals surface area contributed by atoms with Crippen molar-refractivity contribution in [1.82, 2.24) is 0 Å². The molecule has 0 aliphatic carbocycles. The van der Waals surface area contributed by atoms with Gasteiger partial charge in [0.1, 0.15) is 0 Å². The lowest BCUT2D eigenvalue weighted by molar-refractivity contribution is -0.384. The second kappa shape index (κ2) is 9.32. The Morgan fingerprint density at radius 3 is 2.17 bits per heavy atom. The van der Waals surface area contributed by atoms with Crippen LogP contribution < -0.4 is 0 Å². The number of methoxy groups -OCH3 is 1. The smallest absolute Gasteiger partial charge is 0.335 e. The van der Waals surface area contributed by atoms with Crippen LogP contribution in [0.3, 0.4) is 0 Å². The fourth-order valence-corrected chi connectivity index (χ4v) is 3.61. The lowest BCUT2D eigenvalue weighted by Crippen LogP contribution is -2.11. The van der Waals surface area contributed by atoms with Crippen LogP contribution in [-0.4, -0.2) is 37.4 Å². The summed E-state index contributed by atoms with van der Waals surface area (Å²) in [6, 6.07) is 5.58. The summed E-state index contributed by atoms with van der Waals surface area (Å²) in [7, 11) is -2.28. The van der Waals surface area contributed by atoms with E-state index in [1.807, 2.05) is 0 Å². The van der Waals surface area contributed by atoms with Gasteiger partial charge in [-0.2, -0.15) is 0 Å². The monoisotopic (exact) mass is 357 g/mol. The van der Waals surface area contributed by atoms with E-state index in [0.717, 1.165) is 0 Å². The molecule has 0 aliphatic heterocycles. The summed E-state index contributed by atoms with van der Waals surface area (Å²) in [5.41, 5.74) is 0.554. The zero-order valence-electron chi connectivity index (χ0n) is 13.8. The first-order valence-corrected chi connectivity index (χ1v) is 8.99. The Bertz CT molecular complexity index is 644. The first kappa shape index (κ1) is 20.0. The number of non-ortho nitro benzene ring substituents is 1. The number of esters is 1. The molecule has 0 aromatic heterocycles. The van der Waals surface area contributed by atoms with Crippen molar-refractivity contribution >= 4 is 25.3 Å². The predicted octanol–water partition coefficient (Wildman–Crippen LogP) is 3.42. The van der Waals surface area contributed by atoms with Crippen LogP contribution in [0.4, 0.5) is 5.69 Å². The quantitative estimate of drug-likeness (QED) is 0.219. The number of nitro benzene ring substituents is 1. The molecular weight excluding hydrogens is 337 g/mol. The highest BCUT2D eigenvalue weighted by Crippen LogP contribution is 2.49. The van der Waals surface area contributed by atoms with Gasteiger partial charge in [0.2, 0.25) is 0 Å². The molecule has 0 fully saturated rings. The van der Waals surface area contributed by atoms with Crippen LogP contribution in [0, 0.1) is 10.1 Å². The molecule has 24 heavy (non-hydrogen) atoms. The van der Waals surface area contributed by atoms with Crippen molar-refractivity contribution < 1.29 is 28.1 Å². The number of hydrogen-bond donors (Lipinski definition) is 0. The minimum absolute atomic E-state index is 0.0685. The molecule has 0 radical (unpaired) electrons. The molecule has 0 unspecified atom stereocenters. The average molecular weight is 357 g/mol. The van der Waals surface area contributed by atoms with E-state index in [1.165, 1.54) is 37.5 Å². The molecule has 1 aromatic rings. The van der Waals surface area contributed by atoms with Crippen molar-refractivity contribution in [3.8, 4) is 0 Å². The number of carbonyl (C=O) groups excluding carboxylic acids is 1. The van der Waals surface area contributed by atoms with Gasteiger partial charge < -0.3 is 13.8 Å². The minimum atomic E-state index is -3.48. The number of ether oxygens (including phenoxy) is 1. The van der Waals surface area contributed by atoms with Gasteiger partial charge in [-0.05, 0) is 37.6 Å². The molecule has 132 valence electrons. The van der Waals surface area contributed by atoms with Gasteiger partial charge >= 0.3 is 13.6 Å². The van der Waals surface area contributed by atoms with E-state index >= 15 is 0 Å². The molecule has 0 heterocycles. The van der Waals surface area contributed by atoms with Crippen molar-refractivity contribution in [2.24, 2.45) is 0 Å². The molecular formula is C15H20NO7P. The van der Waals surface area contributed by atoms with Crippen LogP contribution in [0.25, 0.3) is 6.08 Å². The molecule has 0 spiro atoms. The van der Waals surface area contributed by atoms with Gasteiger partial charge in [-0.1, -0.05) is 0 Å². The minimum Gasteiger partial charge on any atom is -0.466 e. The van der Waals surface area contributed by atoms with Crippen molar-refractivity contribution in [1.29, 1.82) is 0 Å². The highest BCUT2D eigenvalue weighted by Gasteiger charge is 2.28. The summed E-state index contributed by atoms with van der Waals surface area (Å²) < 4.78 is 27.7. The zero-order chi connectivity index (χ0) is 18.2. The Morgan fingerprint density at radius 1 is 1.21 bits per heavy atom. The Kier molecular flexibility index (Phi) is 7.78. The average Bonchev–Trinajstić information content (AvgIpc) is 2.54. The SMILES string of the molecule is CCOP(=O)(C/C(=C\c1ccc([N+](=O)[O-])cc1)C(=O)OC)OCC. The Hall–Kier alpha value is -2.02. The van der Waals surface area contributed by atoms with E-state index in [0.29, 0.717) is 5.56 Å². The van der Waals surface area contributed by atoms with E-state index < -0.39 is 18.5 Å². The predicted molar refractivity (Wildman–Crippen MR) is 88.8 cm³/mol. The first-order chi connectivity index (χ1) is 11.3. The van der Waals surface area contributed by atoms with E-state index in [-0.39, 0.29) is 30.6 Å². The zero-order valence-corrected chi connectivity index (χ0v) is 14.7. The maximum absolute atomic E-state index is 12.6. The topological polar surface area (TPSA) is 105 Å². The lowest BCUT2D eigenvalue weighted by Gasteiger charge is -2.17. The van der Waals surface area contributed by atoms with Crippen molar-refractivity contribution in [2.75, 3.05) is 26.5 Å². The van der Waals surface area contributed by atoms with Crippen LogP contribution in [0.1, 0.15) is 19.4 Å². The van der Waals surface area contributed by atoms with Crippen LogP contribution in [0.5, 0.6) is 0 Å². The molecule has 9 heteroatoms. The fraction of sp³-hybridized carbons (Fsp3) is 0.400. The van der Waals surface area contributed by atoms with Crippen LogP contribution in [0.15, 0.2) is 29.8 Å². The molecule has 1 rings (SSSR count). The number of nitrogens with zero attached hydrogens (tertiary/aromatic N) is 1. The largest absolute Gasteiger partial charge is 0.466 e. The highest BCUT2D eigenvalue weighted by atomic mass is 31.2. The summed E-state index contributed by atoms with van der Waals surface area (Å²) in [5.74, 6) is -0.673. The van der Waals surface area contributed by atoms with Crippen LogP contribution in [-0.2, 0) is 23.1 Å². The van der Waals surface area contributed by atoms with Crippen LogP contribution >= 0.6 is 7.60 Å². The Morgan fingerprint density at radius 2 is 1.75 bits per heavy atom. The number of hydrogen-bond acceptors (Lipinski definition) is 7. The number of nitro groups is 1. The third-order valence-electron chi connectivity index (χ3n) is 2.91. The molecule has 0 amide bonds. The maximum Gasteiger partial charge on any atom is 0.335 e. The molecule has 0 saturated carbocycles. The number of benzene rings is 1. The lowest BCUT2D eigenvalue weighted by atomic mass is 10.1. The molecule has 0 atom stereocenters. The Labute approximate surface area is 140 Å². The van der Waals surface area contributed by atoms with E-state index in [4.69, 9.17) is 13.8 Å². The second-order valence-electron chi connectivity index (χ2n) is 4.61. The molecule has 1 aromatic carbocycles. The second-order valence-corrected chi connectivity index (χ2v) is 6.67. The van der Waals surface area contributed by atoms with Crippen molar-refractivity contribution in [3.63, 3.8) is 0 Å². The summed E-state index contributed by atoms with van der Waals surface area (Å²) in [6.07, 6.45) is 1.19. The maximum atomic E-state index is 12.6. The van der Waals surface area contributed by atoms with Crippen molar-refractivity contribution in [3.05, 3.63) is 45.5 Å². The van der Waals surface area contributed by atoms with E-state index in [1.54, 1.807) is 13.8 Å². The first-order valence-electron chi connectivity index (χ1n) is 7.26. The van der Waals surface area contributed by atoms with Gasteiger partial charge in [0.15, 0.2) is 0 Å². The molecule has 0 bridgehead atoms. The Balaban J connectivity index is 3.14. The van der Waals surface area contributed by atoms with Crippen molar-refractivity contribution in [2.45, 2.75) is 13.8 Å². The van der Waals surface area contributed by atoms with Gasteiger partial charge in [0.25, 0.3) is 5.69 Å². The standard InChI is InChI=1S/C15H20NO7P/c1-4-22-24(20,23-5-2)11-13(15(17)21-3)10-12-6-8-14(9-7-12)16(18)19/h6-10H,4-5,11H2,1-3H3/b13-10+. The normalized spacial score (nSPS) is 12.0. The van der Waals surface area contributed by atoms with E-state index in [2.05, 4.69) is 0 Å². The molecule has 8 nitrogen and oxygen atoms in total. The summed E-state index contributed by atoms with van der Waals surface area (Å²) in [4.78, 5) is 22.1. The number of carbonyl (C=O) groups is 1. The number of rotatable bonds is 9. The fourth-order valence-electron chi connectivity index (χ4n) is 1.92. The highest BCUT2D eigenvalue weighted by molar-refractivity contribution is 7.54. The van der Waals surface area contributed by atoms with Gasteiger partial charge in [0, 0.05) is 17.7 Å². The third kappa shape index (κ3) is 5.88. The molecule has 0 saturated heterocycles.